The molecule has 0 unspecified atom stereocenters. The van der Waals surface area contributed by atoms with Gasteiger partial charge in [0, 0.05) is 48.7 Å². The lowest BCUT2D eigenvalue weighted by atomic mass is 10.3. The van der Waals surface area contributed by atoms with Crippen LogP contribution in [0.15, 0.2) is 30.6 Å². The molecule has 1 aromatic carbocycles. The third kappa shape index (κ3) is 4.36. The lowest BCUT2D eigenvalue weighted by Gasteiger charge is -2.12. The van der Waals surface area contributed by atoms with Gasteiger partial charge in [-0.3, -0.25) is 4.68 Å². The van der Waals surface area contributed by atoms with Gasteiger partial charge in [0.25, 0.3) is 0 Å². The molecule has 2 N–H and O–H groups in total. The minimum Gasteiger partial charge on any atom is -0.497 e. The van der Waals surface area contributed by atoms with Gasteiger partial charge in [0.1, 0.15) is 11.5 Å². The quantitative estimate of drug-likeness (QED) is 0.797. The summed E-state index contributed by atoms with van der Waals surface area (Å²) in [4.78, 5) is 0. The first-order chi connectivity index (χ1) is 10.6. The fraction of sp³-hybridized carbons (Fsp3) is 0.333. The van der Waals surface area contributed by atoms with Gasteiger partial charge in [-0.25, -0.2) is 0 Å². The zero-order chi connectivity index (χ0) is 15.9. The predicted octanol–water partition coefficient (Wildman–Crippen LogP) is 2.41. The van der Waals surface area contributed by atoms with E-state index >= 15 is 0 Å². The lowest BCUT2D eigenvalue weighted by Crippen LogP contribution is -2.27. The highest BCUT2D eigenvalue weighted by Crippen LogP contribution is 2.25. The molecule has 0 atom stereocenters. The third-order valence-electron chi connectivity index (χ3n) is 3.07. The lowest BCUT2D eigenvalue weighted by molar-refractivity contribution is 0.395. The summed E-state index contributed by atoms with van der Waals surface area (Å²) in [6, 6.07) is 5.51. The van der Waals surface area contributed by atoms with E-state index in [-0.39, 0.29) is 0 Å². The van der Waals surface area contributed by atoms with Crippen molar-refractivity contribution in [3.8, 4) is 11.5 Å². The predicted molar refractivity (Wildman–Crippen MR) is 90.5 cm³/mol. The van der Waals surface area contributed by atoms with Crippen LogP contribution in [0.2, 0.25) is 0 Å². The Kier molecular flexibility index (Phi) is 5.60. The molecular weight excluding hydrogens is 300 g/mol. The van der Waals surface area contributed by atoms with Crippen LogP contribution in [-0.4, -0.2) is 29.1 Å². The number of thiocarbonyl (C=S) groups is 1. The third-order valence-corrected chi connectivity index (χ3v) is 3.32. The highest BCUT2D eigenvalue weighted by Gasteiger charge is 2.04. The Morgan fingerprint density at radius 3 is 2.45 bits per heavy atom. The second-order valence-electron chi connectivity index (χ2n) is 4.61. The maximum Gasteiger partial charge on any atom is 0.171 e. The molecule has 0 aliphatic carbocycles. The van der Waals surface area contributed by atoms with Crippen LogP contribution >= 0.6 is 12.2 Å². The van der Waals surface area contributed by atoms with Crippen LogP contribution in [0.4, 0.5) is 5.69 Å². The van der Waals surface area contributed by atoms with Crippen molar-refractivity contribution in [1.82, 2.24) is 15.1 Å². The molecule has 118 valence electrons. The largest absolute Gasteiger partial charge is 0.497 e. The molecule has 0 aliphatic heterocycles. The fourth-order valence-electron chi connectivity index (χ4n) is 1.91. The Morgan fingerprint density at radius 1 is 1.23 bits per heavy atom. The van der Waals surface area contributed by atoms with Gasteiger partial charge in [-0.1, -0.05) is 0 Å². The Hall–Kier alpha value is -2.28. The highest BCUT2D eigenvalue weighted by atomic mass is 32.1. The van der Waals surface area contributed by atoms with Crippen molar-refractivity contribution < 1.29 is 9.47 Å². The number of benzene rings is 1. The highest BCUT2D eigenvalue weighted by molar-refractivity contribution is 7.80. The molecule has 2 rings (SSSR count). The Bertz CT molecular complexity index is 620. The number of rotatable bonds is 6. The molecule has 0 radical (unpaired) electrons. The molecule has 0 bridgehead atoms. The van der Waals surface area contributed by atoms with Crippen LogP contribution in [0, 0.1) is 0 Å². The number of hydrogen-bond donors (Lipinski definition) is 2. The summed E-state index contributed by atoms with van der Waals surface area (Å²) < 4.78 is 12.3. The summed E-state index contributed by atoms with van der Waals surface area (Å²) >= 11 is 5.30. The van der Waals surface area contributed by atoms with Gasteiger partial charge in [0.2, 0.25) is 0 Å². The summed E-state index contributed by atoms with van der Waals surface area (Å²) in [6.45, 7) is 3.52. The van der Waals surface area contributed by atoms with Gasteiger partial charge in [-0.2, -0.15) is 5.10 Å². The molecule has 0 saturated heterocycles. The van der Waals surface area contributed by atoms with Gasteiger partial charge < -0.3 is 20.1 Å². The van der Waals surface area contributed by atoms with E-state index < -0.39 is 0 Å². The van der Waals surface area contributed by atoms with Gasteiger partial charge in [0.05, 0.1) is 20.4 Å². The summed E-state index contributed by atoms with van der Waals surface area (Å²) in [5.74, 6) is 1.41. The van der Waals surface area contributed by atoms with Crippen LogP contribution in [-0.2, 0) is 13.1 Å². The summed E-state index contributed by atoms with van der Waals surface area (Å²) in [7, 11) is 3.22. The standard InChI is InChI=1S/C15H20N4O2S/c1-4-19-10-11(9-17-19)8-16-15(22)18-12-5-13(20-2)7-14(6-12)21-3/h5-7,9-10H,4,8H2,1-3H3,(H2,16,18,22). The monoisotopic (exact) mass is 320 g/mol. The maximum atomic E-state index is 5.30. The molecule has 0 aliphatic rings. The zero-order valence-corrected chi connectivity index (χ0v) is 13.7. The van der Waals surface area contributed by atoms with Crippen molar-refractivity contribution in [3.63, 3.8) is 0 Å². The first kappa shape index (κ1) is 16.1. The molecule has 22 heavy (non-hydrogen) atoms. The first-order valence-corrected chi connectivity index (χ1v) is 7.34. The van der Waals surface area contributed by atoms with Crippen molar-refractivity contribution in [2.75, 3.05) is 19.5 Å². The Morgan fingerprint density at radius 2 is 1.91 bits per heavy atom. The molecule has 1 heterocycles. The SMILES string of the molecule is CCn1cc(CNC(=S)Nc2cc(OC)cc(OC)c2)cn1. The fourth-order valence-corrected chi connectivity index (χ4v) is 2.10. The second-order valence-corrected chi connectivity index (χ2v) is 5.02. The Balaban J connectivity index is 1.93. The smallest absolute Gasteiger partial charge is 0.171 e. The number of anilines is 1. The molecule has 0 spiro atoms. The van der Waals surface area contributed by atoms with Crippen LogP contribution in [0.3, 0.4) is 0 Å². The Labute approximate surface area is 135 Å². The van der Waals surface area contributed by atoms with E-state index in [1.54, 1.807) is 20.3 Å². The number of hydrogen-bond acceptors (Lipinski definition) is 4. The maximum absolute atomic E-state index is 5.30. The zero-order valence-electron chi connectivity index (χ0n) is 12.9. The van der Waals surface area contributed by atoms with E-state index in [1.807, 2.05) is 36.1 Å². The summed E-state index contributed by atoms with van der Waals surface area (Å²) in [6.07, 6.45) is 3.82. The molecular formula is C15H20N4O2S. The molecule has 7 heteroatoms. The van der Waals surface area contributed by atoms with E-state index in [2.05, 4.69) is 15.7 Å². The average Bonchev–Trinajstić information content (AvgIpc) is 3.00. The topological polar surface area (TPSA) is 60.3 Å². The van der Waals surface area contributed by atoms with Crippen molar-refractivity contribution in [2.45, 2.75) is 20.0 Å². The van der Waals surface area contributed by atoms with Crippen LogP contribution < -0.4 is 20.1 Å². The van der Waals surface area contributed by atoms with Crippen molar-refractivity contribution in [1.29, 1.82) is 0 Å². The van der Waals surface area contributed by atoms with Crippen molar-refractivity contribution >= 4 is 23.0 Å². The number of nitrogens with zero attached hydrogens (tertiary/aromatic N) is 2. The van der Waals surface area contributed by atoms with E-state index in [4.69, 9.17) is 21.7 Å². The minimum absolute atomic E-state index is 0.527. The second kappa shape index (κ2) is 7.65. The van der Waals surface area contributed by atoms with Crippen LogP contribution in [0.5, 0.6) is 11.5 Å². The summed E-state index contributed by atoms with van der Waals surface area (Å²) in [5, 5.41) is 11.0. The average molecular weight is 320 g/mol. The molecule has 6 nitrogen and oxygen atoms in total. The van der Waals surface area contributed by atoms with E-state index in [0.29, 0.717) is 23.2 Å². The molecule has 1 aromatic heterocycles. The van der Waals surface area contributed by atoms with Gasteiger partial charge in [0.15, 0.2) is 5.11 Å². The van der Waals surface area contributed by atoms with Gasteiger partial charge >= 0.3 is 0 Å². The van der Waals surface area contributed by atoms with Gasteiger partial charge in [-0.05, 0) is 19.1 Å². The number of nitrogens with one attached hydrogen (secondary N) is 2. The minimum atomic E-state index is 0.527. The molecule has 0 fully saturated rings. The van der Waals surface area contributed by atoms with E-state index in [1.165, 1.54) is 0 Å². The number of methoxy groups -OCH3 is 2. The molecule has 2 aromatic rings. The number of ether oxygens (including phenoxy) is 2. The van der Waals surface area contributed by atoms with E-state index in [0.717, 1.165) is 17.8 Å². The number of aromatic nitrogens is 2. The van der Waals surface area contributed by atoms with Crippen LogP contribution in [0.1, 0.15) is 12.5 Å². The van der Waals surface area contributed by atoms with E-state index in [9.17, 15) is 0 Å². The number of aryl methyl sites for hydroxylation is 1. The molecule has 0 saturated carbocycles. The van der Waals surface area contributed by atoms with Crippen molar-refractivity contribution in [3.05, 3.63) is 36.2 Å². The normalized spacial score (nSPS) is 10.1. The summed E-state index contributed by atoms with van der Waals surface area (Å²) in [5.41, 5.74) is 1.88. The van der Waals surface area contributed by atoms with Crippen molar-refractivity contribution in [2.24, 2.45) is 0 Å². The van der Waals surface area contributed by atoms with Gasteiger partial charge in [-0.15, -0.1) is 0 Å². The first-order valence-electron chi connectivity index (χ1n) is 6.94. The van der Waals surface area contributed by atoms with Crippen LogP contribution in [0.25, 0.3) is 0 Å². The molecule has 0 amide bonds.